The van der Waals surface area contributed by atoms with Crippen molar-refractivity contribution in [3.05, 3.63) is 104 Å². The van der Waals surface area contributed by atoms with Crippen LogP contribution in [0.4, 0.5) is 0 Å². The molecule has 0 bridgehead atoms. The molecule has 0 radical (unpaired) electrons. The van der Waals surface area contributed by atoms with E-state index in [9.17, 15) is 9.59 Å². The van der Waals surface area contributed by atoms with Crippen molar-refractivity contribution in [3.63, 3.8) is 0 Å². The lowest BCUT2D eigenvalue weighted by Gasteiger charge is -2.31. The normalized spacial score (nSPS) is 11.6. The summed E-state index contributed by atoms with van der Waals surface area (Å²) in [6, 6.07) is 22.0. The van der Waals surface area contributed by atoms with E-state index < -0.39 is 6.04 Å². The van der Waals surface area contributed by atoms with Gasteiger partial charge in [-0.15, -0.1) is 0 Å². The molecule has 3 aromatic rings. The van der Waals surface area contributed by atoms with E-state index in [1.807, 2.05) is 61.5 Å². The topological polar surface area (TPSA) is 49.4 Å². The Bertz CT molecular complexity index is 1090. The number of carbonyl (C=O) groups is 2. The minimum atomic E-state index is -0.661. The van der Waals surface area contributed by atoms with Crippen LogP contribution in [0.1, 0.15) is 23.6 Å². The summed E-state index contributed by atoms with van der Waals surface area (Å²) in [5.41, 5.74) is 2.66. The number of hydrogen-bond donors (Lipinski definition) is 1. The molecule has 0 saturated carbocycles. The molecule has 7 heteroatoms. The second-order valence-electron chi connectivity index (χ2n) is 7.67. The summed E-state index contributed by atoms with van der Waals surface area (Å²) in [7, 11) is 0. The van der Waals surface area contributed by atoms with Crippen LogP contribution in [0.5, 0.6) is 0 Å². The van der Waals surface area contributed by atoms with Gasteiger partial charge in [-0.3, -0.25) is 9.59 Å². The number of amides is 2. The van der Waals surface area contributed by atoms with E-state index >= 15 is 0 Å². The molecule has 3 rings (SSSR count). The van der Waals surface area contributed by atoms with Crippen molar-refractivity contribution >= 4 is 50.9 Å². The largest absolute Gasteiger partial charge is 0.355 e. The van der Waals surface area contributed by atoms with Gasteiger partial charge in [-0.2, -0.15) is 0 Å². The van der Waals surface area contributed by atoms with E-state index in [-0.39, 0.29) is 18.2 Å². The summed E-state index contributed by atoms with van der Waals surface area (Å²) < 4.78 is 0.949. The van der Waals surface area contributed by atoms with Gasteiger partial charge < -0.3 is 10.2 Å². The summed E-state index contributed by atoms with van der Waals surface area (Å²) in [5.74, 6) is -0.343. The molecule has 2 amide bonds. The second-order valence-corrected chi connectivity index (χ2v) is 9.40. The summed E-state index contributed by atoms with van der Waals surface area (Å²) in [6.07, 6.45) is 0.522. The van der Waals surface area contributed by atoms with Gasteiger partial charge in [0, 0.05) is 24.0 Å². The molecule has 33 heavy (non-hydrogen) atoms. The molecule has 1 N–H and O–H groups in total. The molecule has 0 aliphatic heterocycles. The van der Waals surface area contributed by atoms with E-state index in [1.54, 1.807) is 23.1 Å². The Labute approximate surface area is 213 Å². The lowest BCUT2D eigenvalue weighted by Crippen LogP contribution is -2.50. The number of nitrogens with zero attached hydrogens (tertiary/aromatic N) is 1. The zero-order valence-electron chi connectivity index (χ0n) is 18.2. The van der Waals surface area contributed by atoms with Gasteiger partial charge >= 0.3 is 0 Å². The molecule has 0 fully saturated rings. The fourth-order valence-corrected chi connectivity index (χ4v) is 4.14. The van der Waals surface area contributed by atoms with Crippen LogP contribution in [0.3, 0.4) is 0 Å². The Morgan fingerprint density at radius 1 is 0.909 bits per heavy atom. The first-order chi connectivity index (χ1) is 15.9. The molecule has 0 aliphatic rings. The van der Waals surface area contributed by atoms with Crippen molar-refractivity contribution in [1.82, 2.24) is 10.2 Å². The fourth-order valence-electron chi connectivity index (χ4n) is 3.56. The van der Waals surface area contributed by atoms with Gasteiger partial charge in [-0.25, -0.2) is 0 Å². The van der Waals surface area contributed by atoms with Crippen molar-refractivity contribution in [2.45, 2.75) is 32.4 Å². The molecule has 172 valence electrons. The molecule has 0 aliphatic carbocycles. The van der Waals surface area contributed by atoms with Crippen LogP contribution in [0.15, 0.2) is 77.3 Å². The average molecular weight is 548 g/mol. The Balaban J connectivity index is 1.95. The third kappa shape index (κ3) is 7.32. The monoisotopic (exact) mass is 546 g/mol. The van der Waals surface area contributed by atoms with Crippen molar-refractivity contribution in [2.24, 2.45) is 0 Å². The number of nitrogens with one attached hydrogen (secondary N) is 1. The molecule has 3 aromatic carbocycles. The zero-order chi connectivity index (χ0) is 23.8. The van der Waals surface area contributed by atoms with Crippen LogP contribution in [0, 0.1) is 0 Å². The number of likely N-dealkylation sites (N-methyl/N-ethyl adjacent to an activating group) is 1. The van der Waals surface area contributed by atoms with E-state index in [4.69, 9.17) is 23.2 Å². The van der Waals surface area contributed by atoms with Gasteiger partial charge in [0.25, 0.3) is 0 Å². The van der Waals surface area contributed by atoms with Gasteiger partial charge in [0.1, 0.15) is 6.04 Å². The number of rotatable bonds is 9. The van der Waals surface area contributed by atoms with Crippen LogP contribution in [-0.2, 0) is 29.0 Å². The maximum Gasteiger partial charge on any atom is 0.243 e. The Hall–Kier alpha value is -2.34. The maximum atomic E-state index is 13.6. The zero-order valence-corrected chi connectivity index (χ0v) is 21.3. The summed E-state index contributed by atoms with van der Waals surface area (Å²) in [6.45, 7) is 2.66. The SMILES string of the molecule is CCNC(=O)C(Cc1ccccc1)N(Cc1ccc(Br)cc1)C(=O)Cc1ccc(Cl)c(Cl)c1. The number of carbonyl (C=O) groups excluding carboxylic acids is 2. The van der Waals surface area contributed by atoms with Gasteiger partial charge in [-0.05, 0) is 47.9 Å². The number of benzene rings is 3. The van der Waals surface area contributed by atoms with Gasteiger partial charge in [0.2, 0.25) is 11.8 Å². The lowest BCUT2D eigenvalue weighted by molar-refractivity contribution is -0.140. The lowest BCUT2D eigenvalue weighted by atomic mass is 10.0. The number of halogens is 3. The van der Waals surface area contributed by atoms with Crippen molar-refractivity contribution in [1.29, 1.82) is 0 Å². The first-order valence-electron chi connectivity index (χ1n) is 10.7. The predicted molar refractivity (Wildman–Crippen MR) is 137 cm³/mol. The molecule has 0 saturated heterocycles. The highest BCUT2D eigenvalue weighted by molar-refractivity contribution is 9.10. The highest BCUT2D eigenvalue weighted by Gasteiger charge is 2.30. The van der Waals surface area contributed by atoms with E-state index in [1.165, 1.54) is 0 Å². The minimum absolute atomic E-state index is 0.109. The standard InChI is InChI=1S/C26H25BrCl2N2O2/c1-2-30-26(33)24(15-18-6-4-3-5-7-18)31(17-19-8-11-21(27)12-9-19)25(32)16-20-10-13-22(28)23(29)14-20/h3-14,24H,2,15-17H2,1H3,(H,30,33). The molecule has 1 unspecified atom stereocenters. The highest BCUT2D eigenvalue weighted by Crippen LogP contribution is 2.24. The third-order valence-electron chi connectivity index (χ3n) is 5.23. The molecule has 0 aromatic heterocycles. The van der Waals surface area contributed by atoms with Gasteiger partial charge in [-0.1, -0.05) is 87.7 Å². The van der Waals surface area contributed by atoms with Crippen molar-refractivity contribution in [2.75, 3.05) is 6.54 Å². The fraction of sp³-hybridized carbons (Fsp3) is 0.231. The summed E-state index contributed by atoms with van der Waals surface area (Å²) in [4.78, 5) is 28.4. The molecule has 1 atom stereocenters. The molecule has 4 nitrogen and oxygen atoms in total. The van der Waals surface area contributed by atoms with E-state index in [2.05, 4.69) is 21.2 Å². The quantitative estimate of drug-likeness (QED) is 0.353. The molecule has 0 spiro atoms. The average Bonchev–Trinajstić information content (AvgIpc) is 2.80. The predicted octanol–water partition coefficient (Wildman–Crippen LogP) is 6.07. The van der Waals surface area contributed by atoms with Crippen LogP contribution < -0.4 is 5.32 Å². The van der Waals surface area contributed by atoms with Crippen LogP contribution in [-0.4, -0.2) is 29.3 Å². The van der Waals surface area contributed by atoms with Crippen molar-refractivity contribution < 1.29 is 9.59 Å². The second kappa shape index (κ2) is 12.2. The Morgan fingerprint density at radius 2 is 1.58 bits per heavy atom. The molecule has 0 heterocycles. The number of hydrogen-bond acceptors (Lipinski definition) is 2. The van der Waals surface area contributed by atoms with Gasteiger partial charge in [0.15, 0.2) is 0 Å². The van der Waals surface area contributed by atoms with Crippen LogP contribution in [0.2, 0.25) is 10.0 Å². The van der Waals surface area contributed by atoms with Crippen LogP contribution in [0.25, 0.3) is 0 Å². The van der Waals surface area contributed by atoms with E-state index in [0.29, 0.717) is 29.6 Å². The van der Waals surface area contributed by atoms with Crippen molar-refractivity contribution in [3.8, 4) is 0 Å². The molecular weight excluding hydrogens is 523 g/mol. The summed E-state index contributed by atoms with van der Waals surface area (Å²) in [5, 5.41) is 3.73. The highest BCUT2D eigenvalue weighted by atomic mass is 79.9. The Kier molecular flexibility index (Phi) is 9.36. The Morgan fingerprint density at radius 3 is 2.21 bits per heavy atom. The third-order valence-corrected chi connectivity index (χ3v) is 6.50. The minimum Gasteiger partial charge on any atom is -0.355 e. The van der Waals surface area contributed by atoms with E-state index in [0.717, 1.165) is 21.2 Å². The first-order valence-corrected chi connectivity index (χ1v) is 12.2. The first kappa shape index (κ1) is 25.3. The van der Waals surface area contributed by atoms with Gasteiger partial charge in [0.05, 0.1) is 16.5 Å². The smallest absolute Gasteiger partial charge is 0.243 e. The maximum absolute atomic E-state index is 13.6. The molecular formula is C26H25BrCl2N2O2. The van der Waals surface area contributed by atoms with Crippen LogP contribution >= 0.6 is 39.1 Å². The summed E-state index contributed by atoms with van der Waals surface area (Å²) >= 11 is 15.6.